The number of fused-ring (bicyclic) bond motifs is 1. The zero-order valence-electron chi connectivity index (χ0n) is 17.2. The van der Waals surface area contributed by atoms with Crippen LogP contribution in [0.2, 0.25) is 0 Å². The number of rotatable bonds is 6. The first-order valence-electron chi connectivity index (χ1n) is 9.97. The summed E-state index contributed by atoms with van der Waals surface area (Å²) in [5, 5.41) is 0. The molecule has 3 aromatic heterocycles. The summed E-state index contributed by atoms with van der Waals surface area (Å²) < 4.78 is 7.52. The Balaban J connectivity index is 1.53. The molecule has 0 fully saturated rings. The van der Waals surface area contributed by atoms with Crippen LogP contribution in [0.1, 0.15) is 28.2 Å². The third kappa shape index (κ3) is 4.02. The van der Waals surface area contributed by atoms with Crippen LogP contribution in [0.4, 0.5) is 0 Å². The van der Waals surface area contributed by atoms with Gasteiger partial charge in [-0.15, -0.1) is 0 Å². The second kappa shape index (κ2) is 8.31. The van der Waals surface area contributed by atoms with Crippen LogP contribution in [0.15, 0.2) is 35.3 Å². The van der Waals surface area contributed by atoms with E-state index in [4.69, 9.17) is 9.72 Å². The number of ether oxygens (including phenoxy) is 1. The number of hydrogen-bond donors (Lipinski definition) is 1. The Hall–Kier alpha value is -2.77. The summed E-state index contributed by atoms with van der Waals surface area (Å²) in [6.07, 6.45) is 2.47. The lowest BCUT2D eigenvalue weighted by atomic mass is 10.1. The summed E-state index contributed by atoms with van der Waals surface area (Å²) in [6.45, 7) is 8.17. The maximum Gasteiger partial charge on any atom is 0.255 e. The summed E-state index contributed by atoms with van der Waals surface area (Å²) in [6, 6.07) is 7.85. The van der Waals surface area contributed by atoms with Crippen molar-refractivity contribution in [2.75, 3.05) is 20.3 Å². The van der Waals surface area contributed by atoms with Crippen molar-refractivity contribution in [2.24, 2.45) is 0 Å². The van der Waals surface area contributed by atoms with E-state index in [-0.39, 0.29) is 5.56 Å². The first-order chi connectivity index (χ1) is 14.1. The van der Waals surface area contributed by atoms with E-state index in [0.29, 0.717) is 24.7 Å². The number of pyridine rings is 1. The molecule has 0 saturated carbocycles. The molecule has 1 aliphatic rings. The zero-order chi connectivity index (χ0) is 20.4. The van der Waals surface area contributed by atoms with E-state index in [1.807, 2.05) is 18.2 Å². The lowest BCUT2D eigenvalue weighted by molar-refractivity contribution is 0.186. The first-order valence-corrected chi connectivity index (χ1v) is 9.97. The summed E-state index contributed by atoms with van der Waals surface area (Å²) in [5.41, 5.74) is 6.09. The minimum Gasteiger partial charge on any atom is -0.383 e. The normalized spacial score (nSPS) is 14.2. The molecule has 7 nitrogen and oxygen atoms in total. The average Bonchev–Trinajstić information content (AvgIpc) is 3.00. The van der Waals surface area contributed by atoms with Crippen LogP contribution in [0.25, 0.3) is 11.5 Å². The molecule has 0 amide bonds. The number of aromatic amines is 1. The highest BCUT2D eigenvalue weighted by Crippen LogP contribution is 2.22. The molecular formula is C22H27N5O2. The van der Waals surface area contributed by atoms with Crippen LogP contribution in [0.3, 0.4) is 0 Å². The number of aryl methyl sites for hydroxylation is 1. The molecule has 0 unspecified atom stereocenters. The van der Waals surface area contributed by atoms with Crippen molar-refractivity contribution in [1.29, 1.82) is 0 Å². The van der Waals surface area contributed by atoms with E-state index >= 15 is 0 Å². The van der Waals surface area contributed by atoms with Gasteiger partial charge in [0.25, 0.3) is 5.56 Å². The van der Waals surface area contributed by atoms with Gasteiger partial charge >= 0.3 is 0 Å². The van der Waals surface area contributed by atoms with Crippen molar-refractivity contribution in [3.63, 3.8) is 0 Å². The van der Waals surface area contributed by atoms with Crippen molar-refractivity contribution in [1.82, 2.24) is 24.4 Å². The van der Waals surface area contributed by atoms with Gasteiger partial charge in [-0.2, -0.15) is 0 Å². The zero-order valence-corrected chi connectivity index (χ0v) is 17.2. The lowest BCUT2D eigenvalue weighted by Crippen LogP contribution is -2.35. The van der Waals surface area contributed by atoms with Gasteiger partial charge in [0, 0.05) is 57.3 Å². The fourth-order valence-corrected chi connectivity index (χ4v) is 4.04. The van der Waals surface area contributed by atoms with E-state index in [9.17, 15) is 4.79 Å². The number of H-pyrrole nitrogens is 1. The molecule has 0 bridgehead atoms. The van der Waals surface area contributed by atoms with Gasteiger partial charge in [0.05, 0.1) is 17.9 Å². The monoisotopic (exact) mass is 393 g/mol. The lowest BCUT2D eigenvalue weighted by Gasteiger charge is -2.27. The van der Waals surface area contributed by atoms with E-state index < -0.39 is 0 Å². The number of methoxy groups -OCH3 is 1. The summed E-state index contributed by atoms with van der Waals surface area (Å²) in [4.78, 5) is 27.0. The molecule has 152 valence electrons. The molecule has 4 rings (SSSR count). The topological polar surface area (TPSA) is 76.0 Å². The Bertz CT molecular complexity index is 1060. The number of nitrogens with zero attached hydrogens (tertiary/aromatic N) is 4. The SMILES string of the molecule is COCCn1c(C)cc(CN2CCc3nc(-c4ccccn4)[nH]c(=O)c3C2)c1C. The fraction of sp³-hybridized carbons (Fsp3) is 0.409. The maximum atomic E-state index is 12.7. The molecule has 29 heavy (non-hydrogen) atoms. The molecule has 7 heteroatoms. The smallest absolute Gasteiger partial charge is 0.255 e. The predicted octanol–water partition coefficient (Wildman–Crippen LogP) is 2.45. The second-order valence-corrected chi connectivity index (χ2v) is 7.56. The second-order valence-electron chi connectivity index (χ2n) is 7.56. The van der Waals surface area contributed by atoms with Gasteiger partial charge < -0.3 is 14.3 Å². The molecule has 1 aliphatic heterocycles. The minimum atomic E-state index is -0.0640. The molecule has 0 aromatic carbocycles. The molecule has 0 aliphatic carbocycles. The summed E-state index contributed by atoms with van der Waals surface area (Å²) >= 11 is 0. The standard InChI is InChI=1S/C22H27N5O2/c1-15-12-17(16(2)27(15)10-11-29-3)13-26-9-7-19-18(14-26)22(28)25-21(24-19)20-6-4-5-8-23-20/h4-6,8,12H,7,9-11,13-14H2,1-3H3,(H,24,25,28). The van der Waals surface area contributed by atoms with Gasteiger partial charge in [-0.05, 0) is 37.6 Å². The van der Waals surface area contributed by atoms with Gasteiger partial charge in [-0.3, -0.25) is 14.7 Å². The first kappa shape index (κ1) is 19.5. The highest BCUT2D eigenvalue weighted by atomic mass is 16.5. The van der Waals surface area contributed by atoms with E-state index in [0.717, 1.165) is 37.3 Å². The number of hydrogen-bond acceptors (Lipinski definition) is 5. The number of aromatic nitrogens is 4. The number of nitrogens with one attached hydrogen (secondary N) is 1. The fourth-order valence-electron chi connectivity index (χ4n) is 4.04. The molecule has 4 heterocycles. The van der Waals surface area contributed by atoms with Crippen molar-refractivity contribution in [3.05, 3.63) is 69.0 Å². The average molecular weight is 393 g/mol. The molecule has 1 N–H and O–H groups in total. The van der Waals surface area contributed by atoms with E-state index in [1.165, 1.54) is 17.0 Å². The molecule has 0 atom stereocenters. The summed E-state index contributed by atoms with van der Waals surface area (Å²) in [5.74, 6) is 0.546. The van der Waals surface area contributed by atoms with Gasteiger partial charge in [0.2, 0.25) is 0 Å². The van der Waals surface area contributed by atoms with Crippen molar-refractivity contribution >= 4 is 0 Å². The van der Waals surface area contributed by atoms with Gasteiger partial charge in [0.1, 0.15) is 5.69 Å². The predicted molar refractivity (Wildman–Crippen MR) is 112 cm³/mol. The Morgan fingerprint density at radius 3 is 2.90 bits per heavy atom. The molecular weight excluding hydrogens is 366 g/mol. The third-order valence-corrected chi connectivity index (χ3v) is 5.65. The summed E-state index contributed by atoms with van der Waals surface area (Å²) in [7, 11) is 1.73. The van der Waals surface area contributed by atoms with Crippen LogP contribution < -0.4 is 5.56 Å². The maximum absolute atomic E-state index is 12.7. The molecule has 0 spiro atoms. The van der Waals surface area contributed by atoms with E-state index in [2.05, 4.69) is 39.3 Å². The van der Waals surface area contributed by atoms with Crippen molar-refractivity contribution in [2.45, 2.75) is 39.9 Å². The van der Waals surface area contributed by atoms with Crippen LogP contribution in [0.5, 0.6) is 0 Å². The van der Waals surface area contributed by atoms with Crippen molar-refractivity contribution in [3.8, 4) is 11.5 Å². The third-order valence-electron chi connectivity index (χ3n) is 5.65. The van der Waals surface area contributed by atoms with Gasteiger partial charge in [0.15, 0.2) is 5.82 Å². The van der Waals surface area contributed by atoms with Crippen LogP contribution >= 0.6 is 0 Å². The van der Waals surface area contributed by atoms with Crippen LogP contribution in [0, 0.1) is 13.8 Å². The van der Waals surface area contributed by atoms with Crippen LogP contribution in [-0.4, -0.2) is 44.7 Å². The van der Waals surface area contributed by atoms with Crippen LogP contribution in [-0.2, 0) is 30.8 Å². The Labute approximate surface area is 170 Å². The Morgan fingerprint density at radius 1 is 1.28 bits per heavy atom. The molecule has 0 radical (unpaired) electrons. The Kier molecular flexibility index (Phi) is 5.60. The van der Waals surface area contributed by atoms with Gasteiger partial charge in [-0.25, -0.2) is 4.98 Å². The van der Waals surface area contributed by atoms with Gasteiger partial charge in [-0.1, -0.05) is 6.07 Å². The highest BCUT2D eigenvalue weighted by Gasteiger charge is 2.23. The van der Waals surface area contributed by atoms with E-state index in [1.54, 1.807) is 13.3 Å². The molecule has 3 aromatic rings. The van der Waals surface area contributed by atoms with Crippen molar-refractivity contribution < 1.29 is 4.74 Å². The molecule has 0 saturated heterocycles. The quantitative estimate of drug-likeness (QED) is 0.696. The highest BCUT2D eigenvalue weighted by molar-refractivity contribution is 5.49. The Morgan fingerprint density at radius 2 is 2.14 bits per heavy atom. The largest absolute Gasteiger partial charge is 0.383 e. The minimum absolute atomic E-state index is 0.0640.